The highest BCUT2D eigenvalue weighted by Crippen LogP contribution is 2.30. The Hall–Kier alpha value is 0.0600. The van der Waals surface area contributed by atoms with Crippen LogP contribution in [0.25, 0.3) is 0 Å². The smallest absolute Gasteiger partial charge is 0.330 e. The Kier molecular flexibility index (Phi) is 4.36. The fourth-order valence-electron chi connectivity index (χ4n) is 0.449. The molecule has 0 rings (SSSR count). The zero-order valence-electron chi connectivity index (χ0n) is 6.82. The van der Waals surface area contributed by atoms with Crippen molar-refractivity contribution in [3.63, 3.8) is 0 Å². The van der Waals surface area contributed by atoms with Gasteiger partial charge in [0.1, 0.15) is 5.54 Å². The van der Waals surface area contributed by atoms with Gasteiger partial charge in [-0.2, -0.15) is 24.9 Å². The van der Waals surface area contributed by atoms with Gasteiger partial charge >= 0.3 is 6.18 Å². The van der Waals surface area contributed by atoms with Crippen molar-refractivity contribution >= 4 is 11.8 Å². The number of alkyl halides is 3. The molecule has 0 saturated carbocycles. The second-order valence-corrected chi connectivity index (χ2v) is 3.86. The number of hydrogen-bond acceptors (Lipinski definition) is 3. The summed E-state index contributed by atoms with van der Waals surface area (Å²) in [6, 6.07) is 0. The maximum atomic E-state index is 12.1. The third-order valence-corrected chi connectivity index (χ3v) is 2.64. The molecule has 0 aromatic rings. The van der Waals surface area contributed by atoms with Crippen LogP contribution in [-0.4, -0.2) is 29.8 Å². The summed E-state index contributed by atoms with van der Waals surface area (Å²) in [5.41, 5.74) is 8.07. The number of halogens is 3. The number of rotatable bonds is 4. The lowest BCUT2D eigenvalue weighted by Gasteiger charge is -2.26. The first-order valence-corrected chi connectivity index (χ1v) is 4.60. The number of nitrogens with two attached hydrogens (primary N) is 2. The molecule has 0 fully saturated rings. The van der Waals surface area contributed by atoms with E-state index < -0.39 is 11.7 Å². The topological polar surface area (TPSA) is 52.0 Å². The van der Waals surface area contributed by atoms with Crippen LogP contribution < -0.4 is 11.5 Å². The predicted octanol–water partition coefficient (Wildman–Crippen LogP) is 0.958. The van der Waals surface area contributed by atoms with Crippen molar-refractivity contribution < 1.29 is 13.2 Å². The van der Waals surface area contributed by atoms with E-state index in [0.29, 0.717) is 12.3 Å². The molecule has 6 heteroatoms. The fourth-order valence-corrected chi connectivity index (χ4v) is 1.35. The largest absolute Gasteiger partial charge is 0.406 e. The van der Waals surface area contributed by atoms with Crippen molar-refractivity contribution in [2.75, 3.05) is 18.1 Å². The highest BCUT2D eigenvalue weighted by molar-refractivity contribution is 7.99. The standard InChI is InChI=1S/C6H13F3N2S/c1-5(11,6(7,8)9)4-12-3-2-10/h2-4,10-11H2,1H3/t5-/m0/s1. The van der Waals surface area contributed by atoms with Crippen LogP contribution in [-0.2, 0) is 0 Å². The third kappa shape index (κ3) is 3.64. The summed E-state index contributed by atoms with van der Waals surface area (Å²) in [6.07, 6.45) is -4.34. The van der Waals surface area contributed by atoms with E-state index in [1.165, 1.54) is 0 Å². The Morgan fingerprint density at radius 1 is 1.33 bits per heavy atom. The van der Waals surface area contributed by atoms with Gasteiger partial charge in [0.25, 0.3) is 0 Å². The van der Waals surface area contributed by atoms with Crippen LogP contribution >= 0.6 is 11.8 Å². The first-order valence-electron chi connectivity index (χ1n) is 3.44. The van der Waals surface area contributed by atoms with Crippen LogP contribution in [0.1, 0.15) is 6.92 Å². The number of hydrogen-bond donors (Lipinski definition) is 2. The van der Waals surface area contributed by atoms with E-state index >= 15 is 0 Å². The van der Waals surface area contributed by atoms with Gasteiger partial charge in [-0.25, -0.2) is 0 Å². The number of thioether (sulfide) groups is 1. The van der Waals surface area contributed by atoms with E-state index in [1.54, 1.807) is 0 Å². The van der Waals surface area contributed by atoms with Gasteiger partial charge < -0.3 is 11.5 Å². The predicted molar refractivity (Wildman–Crippen MR) is 45.0 cm³/mol. The van der Waals surface area contributed by atoms with E-state index in [0.717, 1.165) is 18.7 Å². The lowest BCUT2D eigenvalue weighted by atomic mass is 10.1. The van der Waals surface area contributed by atoms with E-state index in [2.05, 4.69) is 0 Å². The molecule has 0 aliphatic carbocycles. The summed E-state index contributed by atoms with van der Waals surface area (Å²) in [7, 11) is 0. The molecule has 0 amide bonds. The zero-order valence-corrected chi connectivity index (χ0v) is 7.63. The fraction of sp³-hybridized carbons (Fsp3) is 1.00. The van der Waals surface area contributed by atoms with Crippen molar-refractivity contribution in [2.24, 2.45) is 11.5 Å². The molecule has 1 atom stereocenters. The molecule has 0 saturated heterocycles. The van der Waals surface area contributed by atoms with Gasteiger partial charge in [-0.3, -0.25) is 0 Å². The third-order valence-electron chi connectivity index (χ3n) is 1.31. The van der Waals surface area contributed by atoms with Crippen LogP contribution in [0.15, 0.2) is 0 Å². The minimum Gasteiger partial charge on any atom is -0.330 e. The van der Waals surface area contributed by atoms with Gasteiger partial charge in [-0.05, 0) is 6.92 Å². The Bertz CT molecular complexity index is 135. The van der Waals surface area contributed by atoms with E-state index in [-0.39, 0.29) is 5.75 Å². The molecule has 0 aliphatic rings. The maximum absolute atomic E-state index is 12.1. The highest BCUT2D eigenvalue weighted by atomic mass is 32.2. The molecule has 0 aromatic heterocycles. The van der Waals surface area contributed by atoms with Crippen molar-refractivity contribution in [2.45, 2.75) is 18.6 Å². The van der Waals surface area contributed by atoms with Crippen LogP contribution in [0.5, 0.6) is 0 Å². The molecular weight excluding hydrogens is 189 g/mol. The molecule has 4 N–H and O–H groups in total. The van der Waals surface area contributed by atoms with Crippen molar-refractivity contribution in [3.05, 3.63) is 0 Å². The summed E-state index contributed by atoms with van der Waals surface area (Å²) >= 11 is 1.12. The molecule has 0 aromatic carbocycles. The SMILES string of the molecule is C[C@](N)(CSCCN)C(F)(F)F. The maximum Gasteiger partial charge on any atom is 0.406 e. The summed E-state index contributed by atoms with van der Waals surface area (Å²) in [4.78, 5) is 0. The van der Waals surface area contributed by atoms with Crippen molar-refractivity contribution in [1.82, 2.24) is 0 Å². The molecule has 0 spiro atoms. The summed E-state index contributed by atoms with van der Waals surface area (Å²) < 4.78 is 36.3. The lowest BCUT2D eigenvalue weighted by Crippen LogP contribution is -2.53. The van der Waals surface area contributed by atoms with Crippen LogP contribution in [0.2, 0.25) is 0 Å². The summed E-state index contributed by atoms with van der Waals surface area (Å²) in [5, 5.41) is 0. The molecular formula is C6H13F3N2S. The molecule has 0 aliphatic heterocycles. The minimum atomic E-state index is -4.34. The molecule has 0 bridgehead atoms. The summed E-state index contributed by atoms with van der Waals surface area (Å²) in [5.74, 6) is 0.358. The van der Waals surface area contributed by atoms with Crippen molar-refractivity contribution in [3.8, 4) is 0 Å². The van der Waals surface area contributed by atoms with Crippen LogP contribution in [0.3, 0.4) is 0 Å². The van der Waals surface area contributed by atoms with Gasteiger partial charge in [-0.1, -0.05) is 0 Å². The molecule has 0 unspecified atom stereocenters. The van der Waals surface area contributed by atoms with Crippen molar-refractivity contribution in [1.29, 1.82) is 0 Å². The van der Waals surface area contributed by atoms with Gasteiger partial charge in [0.15, 0.2) is 0 Å². The zero-order chi connectivity index (χ0) is 9.83. The molecule has 74 valence electrons. The van der Waals surface area contributed by atoms with Gasteiger partial charge in [0.05, 0.1) is 0 Å². The molecule has 2 nitrogen and oxygen atoms in total. The van der Waals surface area contributed by atoms with E-state index in [4.69, 9.17) is 11.5 Å². The highest BCUT2D eigenvalue weighted by Gasteiger charge is 2.47. The average molecular weight is 202 g/mol. The lowest BCUT2D eigenvalue weighted by molar-refractivity contribution is -0.173. The Balaban J connectivity index is 3.88. The second-order valence-electron chi connectivity index (χ2n) is 2.76. The normalized spacial score (nSPS) is 17.5. The first kappa shape index (κ1) is 12.1. The van der Waals surface area contributed by atoms with Crippen LogP contribution in [0, 0.1) is 0 Å². The molecule has 0 heterocycles. The van der Waals surface area contributed by atoms with E-state index in [1.807, 2.05) is 0 Å². The molecule has 0 radical (unpaired) electrons. The van der Waals surface area contributed by atoms with Crippen LogP contribution in [0.4, 0.5) is 13.2 Å². The quantitative estimate of drug-likeness (QED) is 0.667. The Labute approximate surface area is 73.9 Å². The summed E-state index contributed by atoms with van der Waals surface area (Å²) in [6.45, 7) is 1.36. The van der Waals surface area contributed by atoms with Gasteiger partial charge in [0, 0.05) is 18.1 Å². The van der Waals surface area contributed by atoms with E-state index in [9.17, 15) is 13.2 Å². The minimum absolute atomic E-state index is 0.145. The van der Waals surface area contributed by atoms with Gasteiger partial charge in [0.2, 0.25) is 0 Å². The average Bonchev–Trinajstić information content (AvgIpc) is 1.85. The Morgan fingerprint density at radius 3 is 2.17 bits per heavy atom. The Morgan fingerprint density at radius 2 is 1.83 bits per heavy atom. The second kappa shape index (κ2) is 4.34. The first-order chi connectivity index (χ1) is 5.31. The van der Waals surface area contributed by atoms with Gasteiger partial charge in [-0.15, -0.1) is 0 Å². The molecule has 12 heavy (non-hydrogen) atoms. The monoisotopic (exact) mass is 202 g/mol.